The number of nitrogens with one attached hydrogen (secondary N) is 1. The SMILES string of the molecule is CNC(C)(CSC(C)C(C)O)C(N)=O. The Hall–Kier alpha value is -0.260. The van der Waals surface area contributed by atoms with Gasteiger partial charge in [-0.05, 0) is 20.9 Å². The van der Waals surface area contributed by atoms with Crippen LogP contribution < -0.4 is 11.1 Å². The number of amides is 1. The number of hydrogen-bond acceptors (Lipinski definition) is 4. The fourth-order valence-corrected chi connectivity index (χ4v) is 1.87. The van der Waals surface area contributed by atoms with Gasteiger partial charge < -0.3 is 16.2 Å². The van der Waals surface area contributed by atoms with Crippen LogP contribution in [0.2, 0.25) is 0 Å². The van der Waals surface area contributed by atoms with Gasteiger partial charge in [-0.15, -0.1) is 0 Å². The topological polar surface area (TPSA) is 75.3 Å². The van der Waals surface area contributed by atoms with E-state index < -0.39 is 5.54 Å². The van der Waals surface area contributed by atoms with Gasteiger partial charge in [-0.25, -0.2) is 0 Å². The molecule has 4 nitrogen and oxygen atoms in total. The van der Waals surface area contributed by atoms with Crippen molar-refractivity contribution in [2.75, 3.05) is 12.8 Å². The number of likely N-dealkylation sites (N-methyl/N-ethyl adjacent to an activating group) is 1. The van der Waals surface area contributed by atoms with E-state index in [1.165, 1.54) is 11.8 Å². The maximum absolute atomic E-state index is 11.1. The minimum Gasteiger partial charge on any atom is -0.392 e. The molecular weight excluding hydrogens is 200 g/mol. The fraction of sp³-hybridized carbons (Fsp3) is 0.889. The molecule has 14 heavy (non-hydrogen) atoms. The molecule has 0 aromatic carbocycles. The first-order valence-corrected chi connectivity index (χ1v) is 5.67. The fourth-order valence-electron chi connectivity index (χ4n) is 0.704. The highest BCUT2D eigenvalue weighted by atomic mass is 32.2. The molecule has 1 amide bonds. The molecule has 0 radical (unpaired) electrons. The van der Waals surface area contributed by atoms with E-state index in [2.05, 4.69) is 5.32 Å². The molecule has 5 heteroatoms. The monoisotopic (exact) mass is 220 g/mol. The Morgan fingerprint density at radius 2 is 2.14 bits per heavy atom. The van der Waals surface area contributed by atoms with E-state index in [1.54, 1.807) is 20.9 Å². The van der Waals surface area contributed by atoms with Crippen LogP contribution in [0.5, 0.6) is 0 Å². The number of rotatable bonds is 6. The molecule has 0 saturated heterocycles. The summed E-state index contributed by atoms with van der Waals surface area (Å²) in [6.45, 7) is 5.42. The molecule has 84 valence electrons. The van der Waals surface area contributed by atoms with Gasteiger partial charge in [-0.2, -0.15) is 11.8 Å². The number of aliphatic hydroxyl groups excluding tert-OH is 1. The van der Waals surface area contributed by atoms with E-state index in [0.717, 1.165) is 0 Å². The van der Waals surface area contributed by atoms with Gasteiger partial charge in [0, 0.05) is 11.0 Å². The highest BCUT2D eigenvalue weighted by Gasteiger charge is 2.29. The van der Waals surface area contributed by atoms with Gasteiger partial charge in [0.1, 0.15) is 5.54 Å². The Balaban J connectivity index is 4.15. The van der Waals surface area contributed by atoms with Gasteiger partial charge in [0.2, 0.25) is 5.91 Å². The molecule has 0 aliphatic carbocycles. The van der Waals surface area contributed by atoms with Crippen LogP contribution in [0.15, 0.2) is 0 Å². The van der Waals surface area contributed by atoms with Crippen LogP contribution >= 0.6 is 11.8 Å². The van der Waals surface area contributed by atoms with Crippen molar-refractivity contribution in [3.63, 3.8) is 0 Å². The average Bonchev–Trinajstić information content (AvgIpc) is 2.12. The summed E-state index contributed by atoms with van der Waals surface area (Å²) in [7, 11) is 1.71. The highest BCUT2D eigenvalue weighted by molar-refractivity contribution is 8.00. The highest BCUT2D eigenvalue weighted by Crippen LogP contribution is 2.19. The summed E-state index contributed by atoms with van der Waals surface area (Å²) in [6.07, 6.45) is -0.381. The number of nitrogens with two attached hydrogens (primary N) is 1. The van der Waals surface area contributed by atoms with E-state index in [0.29, 0.717) is 5.75 Å². The molecule has 0 aromatic heterocycles. The van der Waals surface area contributed by atoms with Crippen molar-refractivity contribution < 1.29 is 9.90 Å². The summed E-state index contributed by atoms with van der Waals surface area (Å²) in [5, 5.41) is 12.3. The maximum atomic E-state index is 11.1. The Kier molecular flexibility index (Phi) is 5.48. The van der Waals surface area contributed by atoms with Gasteiger partial charge >= 0.3 is 0 Å². The number of primary amides is 1. The van der Waals surface area contributed by atoms with Crippen LogP contribution in [0.25, 0.3) is 0 Å². The quantitative estimate of drug-likeness (QED) is 0.587. The summed E-state index contributed by atoms with van der Waals surface area (Å²) in [5.74, 6) is 0.190. The zero-order valence-electron chi connectivity index (χ0n) is 9.20. The first kappa shape index (κ1) is 13.7. The lowest BCUT2D eigenvalue weighted by Crippen LogP contribution is -2.53. The summed E-state index contributed by atoms with van der Waals surface area (Å²) in [6, 6.07) is 0. The predicted octanol–water partition coefficient (Wildman–Crippen LogP) is -0.0477. The number of carbonyl (C=O) groups excluding carboxylic acids is 1. The Bertz CT molecular complexity index is 199. The second-order valence-electron chi connectivity index (χ2n) is 3.70. The van der Waals surface area contributed by atoms with Crippen LogP contribution in [0.1, 0.15) is 20.8 Å². The first-order valence-electron chi connectivity index (χ1n) is 4.62. The van der Waals surface area contributed by atoms with Crippen molar-refractivity contribution in [1.29, 1.82) is 0 Å². The largest absolute Gasteiger partial charge is 0.392 e. The lowest BCUT2D eigenvalue weighted by Gasteiger charge is -2.27. The van der Waals surface area contributed by atoms with Crippen molar-refractivity contribution in [3.05, 3.63) is 0 Å². The van der Waals surface area contributed by atoms with Crippen LogP contribution in [0.4, 0.5) is 0 Å². The van der Waals surface area contributed by atoms with Crippen molar-refractivity contribution in [3.8, 4) is 0 Å². The molecule has 0 rings (SSSR count). The number of aliphatic hydroxyl groups is 1. The minimum absolute atomic E-state index is 0.0991. The van der Waals surface area contributed by atoms with Gasteiger partial charge in [0.25, 0.3) is 0 Å². The smallest absolute Gasteiger partial charge is 0.238 e. The van der Waals surface area contributed by atoms with Gasteiger partial charge in [0.15, 0.2) is 0 Å². The molecule has 3 atom stereocenters. The Morgan fingerprint density at radius 3 is 2.43 bits per heavy atom. The molecule has 0 saturated carbocycles. The summed E-state index contributed by atoms with van der Waals surface area (Å²) in [5.41, 5.74) is 4.57. The molecule has 0 fully saturated rings. The van der Waals surface area contributed by atoms with E-state index in [9.17, 15) is 9.90 Å². The second kappa shape index (κ2) is 5.58. The molecule has 4 N–H and O–H groups in total. The minimum atomic E-state index is -0.701. The number of thioether (sulfide) groups is 1. The standard InChI is InChI=1S/C9H20N2O2S/c1-6(12)7(2)14-5-9(3,11-4)8(10)13/h6-7,11-12H,5H2,1-4H3,(H2,10,13). The van der Waals surface area contributed by atoms with Crippen molar-refractivity contribution in [1.82, 2.24) is 5.32 Å². The average molecular weight is 220 g/mol. The lowest BCUT2D eigenvalue weighted by atomic mass is 10.1. The van der Waals surface area contributed by atoms with Crippen LogP contribution in [-0.2, 0) is 4.79 Å². The number of hydrogen-bond donors (Lipinski definition) is 3. The van der Waals surface area contributed by atoms with Crippen LogP contribution in [-0.4, -0.2) is 40.7 Å². The van der Waals surface area contributed by atoms with Crippen LogP contribution in [0.3, 0.4) is 0 Å². The third-order valence-corrected chi connectivity index (χ3v) is 4.07. The summed E-state index contributed by atoms with van der Waals surface area (Å²) in [4.78, 5) is 11.1. The summed E-state index contributed by atoms with van der Waals surface area (Å²) < 4.78 is 0. The van der Waals surface area contributed by atoms with E-state index >= 15 is 0 Å². The van der Waals surface area contributed by atoms with Gasteiger partial charge in [0.05, 0.1) is 6.10 Å². The van der Waals surface area contributed by atoms with Crippen molar-refractivity contribution >= 4 is 17.7 Å². The predicted molar refractivity (Wildman–Crippen MR) is 60.3 cm³/mol. The van der Waals surface area contributed by atoms with E-state index in [1.807, 2.05) is 6.92 Å². The normalized spacial score (nSPS) is 19.8. The summed E-state index contributed by atoms with van der Waals surface area (Å²) >= 11 is 1.53. The molecule has 3 unspecified atom stereocenters. The van der Waals surface area contributed by atoms with E-state index in [4.69, 9.17) is 5.73 Å². The van der Waals surface area contributed by atoms with Crippen molar-refractivity contribution in [2.45, 2.75) is 37.7 Å². The number of carbonyl (C=O) groups is 1. The third-order valence-electron chi connectivity index (χ3n) is 2.41. The molecular formula is C9H20N2O2S. The zero-order chi connectivity index (χ0) is 11.4. The third kappa shape index (κ3) is 3.86. The molecule has 0 aromatic rings. The second-order valence-corrected chi connectivity index (χ2v) is 5.07. The van der Waals surface area contributed by atoms with E-state index in [-0.39, 0.29) is 17.3 Å². The van der Waals surface area contributed by atoms with Gasteiger partial charge in [-0.1, -0.05) is 6.92 Å². The van der Waals surface area contributed by atoms with Gasteiger partial charge in [-0.3, -0.25) is 4.79 Å². The zero-order valence-corrected chi connectivity index (χ0v) is 10.0. The Labute approximate surface area is 89.6 Å². The Morgan fingerprint density at radius 1 is 1.64 bits per heavy atom. The maximum Gasteiger partial charge on any atom is 0.238 e. The molecule has 0 heterocycles. The lowest BCUT2D eigenvalue weighted by molar-refractivity contribution is -0.122. The molecule has 0 aliphatic rings. The molecule has 0 spiro atoms. The first-order chi connectivity index (χ1) is 6.33. The van der Waals surface area contributed by atoms with Crippen molar-refractivity contribution in [2.24, 2.45) is 5.73 Å². The van der Waals surface area contributed by atoms with Crippen LogP contribution in [0, 0.1) is 0 Å². The molecule has 0 bridgehead atoms. The molecule has 0 aliphatic heterocycles.